The maximum atomic E-state index is 4.35. The van der Waals surface area contributed by atoms with Crippen LogP contribution in [0.3, 0.4) is 0 Å². The molecule has 1 aromatic rings. The molecule has 1 heteroatoms. The molecule has 12 heavy (non-hydrogen) atoms. The van der Waals surface area contributed by atoms with Crippen molar-refractivity contribution in [2.75, 3.05) is 7.05 Å². The zero-order valence-electron chi connectivity index (χ0n) is 7.83. The quantitative estimate of drug-likeness (QED) is 0.646. The maximum absolute atomic E-state index is 4.35. The van der Waals surface area contributed by atoms with E-state index < -0.39 is 0 Å². The maximum Gasteiger partial charge on any atom is 0.0492 e. The first-order valence-electron chi connectivity index (χ1n) is 4.52. The normalized spacial score (nSPS) is 12.8. The fourth-order valence-electron chi connectivity index (χ4n) is 1.39. The fraction of sp³-hybridized carbons (Fsp3) is 0.455. The van der Waals surface area contributed by atoms with Gasteiger partial charge in [-0.05, 0) is 12.0 Å². The van der Waals surface area contributed by atoms with Gasteiger partial charge in [0.25, 0.3) is 0 Å². The van der Waals surface area contributed by atoms with E-state index >= 15 is 0 Å². The lowest BCUT2D eigenvalue weighted by atomic mass is 10.0. The van der Waals surface area contributed by atoms with Crippen LogP contribution in [0.25, 0.3) is 0 Å². The van der Waals surface area contributed by atoms with E-state index in [1.54, 1.807) is 0 Å². The van der Waals surface area contributed by atoms with Crippen LogP contribution in [0.2, 0.25) is 0 Å². The van der Waals surface area contributed by atoms with E-state index in [-0.39, 0.29) is 0 Å². The van der Waals surface area contributed by atoms with Crippen LogP contribution < -0.4 is 5.32 Å². The lowest BCUT2D eigenvalue weighted by Crippen LogP contribution is -2.08. The van der Waals surface area contributed by atoms with Gasteiger partial charge in [-0.25, -0.2) is 5.32 Å². The summed E-state index contributed by atoms with van der Waals surface area (Å²) in [5, 5.41) is 4.35. The molecule has 0 amide bonds. The molecule has 65 valence electrons. The second-order valence-electron chi connectivity index (χ2n) is 2.97. The average Bonchev–Trinajstić information content (AvgIpc) is 2.15. The Morgan fingerprint density at radius 2 is 1.92 bits per heavy atom. The van der Waals surface area contributed by atoms with E-state index in [0.717, 1.165) is 6.42 Å². The van der Waals surface area contributed by atoms with Crippen molar-refractivity contribution in [1.82, 2.24) is 5.32 Å². The monoisotopic (exact) mass is 162 g/mol. The largest absolute Gasteiger partial charge is 0.237 e. The lowest BCUT2D eigenvalue weighted by Gasteiger charge is -2.13. The molecule has 0 aliphatic heterocycles. The molecule has 0 saturated carbocycles. The number of hydrogen-bond acceptors (Lipinski definition) is 0. The van der Waals surface area contributed by atoms with Crippen molar-refractivity contribution >= 4 is 0 Å². The zero-order chi connectivity index (χ0) is 8.81. The van der Waals surface area contributed by atoms with E-state index in [1.807, 2.05) is 13.1 Å². The summed E-state index contributed by atoms with van der Waals surface area (Å²) in [6.07, 6.45) is 2.34. The Morgan fingerprint density at radius 3 is 2.42 bits per heavy atom. The summed E-state index contributed by atoms with van der Waals surface area (Å²) in [7, 11) is 1.90. The van der Waals surface area contributed by atoms with Crippen LogP contribution in [0.4, 0.5) is 0 Å². The molecule has 0 bridgehead atoms. The van der Waals surface area contributed by atoms with Gasteiger partial charge in [-0.15, -0.1) is 0 Å². The smallest absolute Gasteiger partial charge is 0.0492 e. The summed E-state index contributed by atoms with van der Waals surface area (Å²) >= 11 is 0. The summed E-state index contributed by atoms with van der Waals surface area (Å²) < 4.78 is 0. The highest BCUT2D eigenvalue weighted by molar-refractivity contribution is 5.18. The molecule has 1 unspecified atom stereocenters. The Balaban J connectivity index is 2.66. The van der Waals surface area contributed by atoms with E-state index in [9.17, 15) is 0 Å². The van der Waals surface area contributed by atoms with E-state index in [0.29, 0.717) is 6.04 Å². The van der Waals surface area contributed by atoms with E-state index in [2.05, 4.69) is 36.5 Å². The molecular weight excluding hydrogens is 146 g/mol. The van der Waals surface area contributed by atoms with Gasteiger partial charge in [-0.3, -0.25) is 0 Å². The Kier molecular flexibility index (Phi) is 3.81. The van der Waals surface area contributed by atoms with Gasteiger partial charge in [0.15, 0.2) is 0 Å². The fourth-order valence-corrected chi connectivity index (χ4v) is 1.39. The number of rotatable bonds is 4. The molecule has 0 aliphatic rings. The first kappa shape index (κ1) is 9.27. The van der Waals surface area contributed by atoms with Gasteiger partial charge < -0.3 is 0 Å². The van der Waals surface area contributed by atoms with E-state index in [1.165, 1.54) is 12.0 Å². The summed E-state index contributed by atoms with van der Waals surface area (Å²) in [4.78, 5) is 0. The van der Waals surface area contributed by atoms with Crippen LogP contribution in [-0.2, 0) is 0 Å². The van der Waals surface area contributed by atoms with Crippen molar-refractivity contribution < 1.29 is 0 Å². The van der Waals surface area contributed by atoms with Gasteiger partial charge in [-0.1, -0.05) is 43.7 Å². The predicted octanol–water partition coefficient (Wildman–Crippen LogP) is 2.76. The molecule has 1 nitrogen and oxygen atoms in total. The van der Waals surface area contributed by atoms with Crippen molar-refractivity contribution in [3.63, 3.8) is 0 Å². The molecule has 0 aliphatic carbocycles. The second kappa shape index (κ2) is 4.94. The molecule has 0 saturated heterocycles. The van der Waals surface area contributed by atoms with Gasteiger partial charge in [0.05, 0.1) is 0 Å². The molecule has 1 radical (unpaired) electrons. The molecule has 1 atom stereocenters. The third-order valence-corrected chi connectivity index (χ3v) is 2.06. The van der Waals surface area contributed by atoms with Crippen molar-refractivity contribution in [3.8, 4) is 0 Å². The minimum atomic E-state index is 0.399. The third kappa shape index (κ3) is 2.35. The molecular formula is C11H16N. The highest BCUT2D eigenvalue weighted by Crippen LogP contribution is 2.17. The van der Waals surface area contributed by atoms with Gasteiger partial charge in [0.1, 0.15) is 0 Å². The molecule has 0 spiro atoms. The summed E-state index contributed by atoms with van der Waals surface area (Å²) in [5.74, 6) is 0. The SMILES string of the molecule is CCCC([N]C)c1ccccc1. The summed E-state index contributed by atoms with van der Waals surface area (Å²) in [5.41, 5.74) is 1.34. The lowest BCUT2D eigenvalue weighted by molar-refractivity contribution is 0.532. The molecule has 1 aromatic carbocycles. The molecule has 0 aromatic heterocycles. The number of benzene rings is 1. The van der Waals surface area contributed by atoms with Gasteiger partial charge in [-0.2, -0.15) is 0 Å². The third-order valence-electron chi connectivity index (χ3n) is 2.06. The van der Waals surface area contributed by atoms with Gasteiger partial charge in [0.2, 0.25) is 0 Å². The highest BCUT2D eigenvalue weighted by Gasteiger charge is 2.06. The van der Waals surface area contributed by atoms with Gasteiger partial charge in [0, 0.05) is 13.1 Å². The van der Waals surface area contributed by atoms with Crippen LogP contribution in [-0.4, -0.2) is 7.05 Å². The molecule has 0 N–H and O–H groups in total. The van der Waals surface area contributed by atoms with Crippen molar-refractivity contribution in [1.29, 1.82) is 0 Å². The molecule has 0 fully saturated rings. The summed E-state index contributed by atoms with van der Waals surface area (Å²) in [6.45, 7) is 2.20. The second-order valence-corrected chi connectivity index (χ2v) is 2.97. The first-order valence-corrected chi connectivity index (χ1v) is 4.52. The minimum Gasteiger partial charge on any atom is -0.237 e. The molecule has 1 rings (SSSR count). The highest BCUT2D eigenvalue weighted by atomic mass is 14.9. The van der Waals surface area contributed by atoms with Crippen LogP contribution >= 0.6 is 0 Å². The van der Waals surface area contributed by atoms with Crippen molar-refractivity contribution in [2.45, 2.75) is 25.8 Å². The number of nitrogens with zero attached hydrogens (tertiary/aromatic N) is 1. The Hall–Kier alpha value is -0.820. The number of hydrogen-bond donors (Lipinski definition) is 0. The minimum absolute atomic E-state index is 0.399. The topological polar surface area (TPSA) is 14.1 Å². The summed E-state index contributed by atoms with van der Waals surface area (Å²) in [6, 6.07) is 10.9. The Bertz CT molecular complexity index is 206. The zero-order valence-corrected chi connectivity index (χ0v) is 7.83. The van der Waals surface area contributed by atoms with Crippen molar-refractivity contribution in [3.05, 3.63) is 35.9 Å². The van der Waals surface area contributed by atoms with Crippen LogP contribution in [0.15, 0.2) is 30.3 Å². The van der Waals surface area contributed by atoms with Crippen LogP contribution in [0.1, 0.15) is 31.4 Å². The van der Waals surface area contributed by atoms with Gasteiger partial charge >= 0.3 is 0 Å². The van der Waals surface area contributed by atoms with Crippen molar-refractivity contribution in [2.24, 2.45) is 0 Å². The predicted molar refractivity (Wildman–Crippen MR) is 52.1 cm³/mol. The Morgan fingerprint density at radius 1 is 1.25 bits per heavy atom. The Labute approximate surface area is 74.8 Å². The standard InChI is InChI=1S/C11H16N/c1-3-7-11(12-2)10-8-5-4-6-9-10/h4-6,8-9,11H,3,7H2,1-2H3. The van der Waals surface area contributed by atoms with Crippen LogP contribution in [0, 0.1) is 0 Å². The average molecular weight is 162 g/mol. The van der Waals surface area contributed by atoms with E-state index in [4.69, 9.17) is 0 Å². The first-order chi connectivity index (χ1) is 5.88. The van der Waals surface area contributed by atoms with Crippen LogP contribution in [0.5, 0.6) is 0 Å². The molecule has 0 heterocycles.